The maximum absolute atomic E-state index is 13.4. The molecule has 3 aromatic rings. The number of halogens is 1. The summed E-state index contributed by atoms with van der Waals surface area (Å²) in [4.78, 5) is 36.9. The van der Waals surface area contributed by atoms with Crippen molar-refractivity contribution in [1.29, 1.82) is 0 Å². The van der Waals surface area contributed by atoms with Gasteiger partial charge in [0.1, 0.15) is 11.5 Å². The summed E-state index contributed by atoms with van der Waals surface area (Å²) in [6.45, 7) is 3.82. The molecule has 0 spiro atoms. The van der Waals surface area contributed by atoms with Crippen molar-refractivity contribution in [2.24, 2.45) is 0 Å². The number of aliphatic hydroxyl groups excluding tert-OH is 1. The predicted molar refractivity (Wildman–Crippen MR) is 146 cm³/mol. The summed E-state index contributed by atoms with van der Waals surface area (Å²) in [5.74, 6) is -1.10. The maximum atomic E-state index is 13.4. The highest BCUT2D eigenvalue weighted by Crippen LogP contribution is 2.43. The number of amides is 1. The Morgan fingerprint density at radius 3 is 2.24 bits per heavy atom. The summed E-state index contributed by atoms with van der Waals surface area (Å²) < 4.78 is 5.90. The Labute approximate surface area is 223 Å². The predicted octanol–water partition coefficient (Wildman–Crippen LogP) is 4.23. The minimum Gasteiger partial charge on any atom is -0.507 e. The minimum absolute atomic E-state index is 0.0245. The minimum atomic E-state index is -0.807. The molecule has 1 atom stereocenters. The Bertz CT molecular complexity index is 1350. The Hall–Kier alpha value is -3.69. The number of hydrogen-bond acceptors (Lipinski definition) is 7. The lowest BCUT2D eigenvalue weighted by molar-refractivity contribution is -0.132. The molecular formula is C28H27BrN4O4. The van der Waals surface area contributed by atoms with Gasteiger partial charge in [-0.3, -0.25) is 19.5 Å². The number of aliphatic hydroxyl groups is 1. The molecule has 0 saturated carbocycles. The number of carbonyl (C=O) groups is 2. The van der Waals surface area contributed by atoms with E-state index in [1.807, 2.05) is 24.3 Å². The lowest BCUT2D eigenvalue weighted by Gasteiger charge is -2.34. The molecule has 2 aromatic carbocycles. The van der Waals surface area contributed by atoms with Gasteiger partial charge in [-0.25, -0.2) is 0 Å². The molecule has 5 rings (SSSR count). The van der Waals surface area contributed by atoms with Crippen molar-refractivity contribution in [2.45, 2.75) is 6.04 Å². The number of benzene rings is 2. The molecule has 2 fully saturated rings. The Kier molecular flexibility index (Phi) is 6.99. The van der Waals surface area contributed by atoms with Crippen molar-refractivity contribution in [3.63, 3.8) is 0 Å². The second kappa shape index (κ2) is 10.4. The van der Waals surface area contributed by atoms with Gasteiger partial charge in [0.25, 0.3) is 11.7 Å². The van der Waals surface area contributed by atoms with Gasteiger partial charge in [-0.2, -0.15) is 0 Å². The molecule has 9 heteroatoms. The zero-order chi connectivity index (χ0) is 26.1. The normalized spacial score (nSPS) is 19.9. The lowest BCUT2D eigenvalue weighted by Crippen LogP contribution is -2.44. The number of nitrogens with zero attached hydrogens (tertiary/aromatic N) is 4. The molecule has 0 bridgehead atoms. The smallest absolute Gasteiger partial charge is 0.300 e. The number of likely N-dealkylation sites (N-methyl/N-ethyl adjacent to an activating group) is 1. The van der Waals surface area contributed by atoms with E-state index in [9.17, 15) is 14.7 Å². The first-order chi connectivity index (χ1) is 17.9. The average Bonchev–Trinajstić information content (AvgIpc) is 3.19. The number of methoxy groups -OCH3 is 1. The van der Waals surface area contributed by atoms with Gasteiger partial charge in [-0.15, -0.1) is 0 Å². The number of hydrogen-bond donors (Lipinski definition) is 1. The molecule has 1 unspecified atom stereocenters. The van der Waals surface area contributed by atoms with E-state index in [-0.39, 0.29) is 11.3 Å². The van der Waals surface area contributed by atoms with Crippen LogP contribution in [0.15, 0.2) is 77.0 Å². The van der Waals surface area contributed by atoms with Gasteiger partial charge < -0.3 is 19.6 Å². The number of pyridine rings is 1. The standard InChI is InChI=1S/C28H27BrN4O4/c1-31-13-15-32(16-14-31)20-4-6-21(7-5-20)33-25(18-9-11-30-12-10-18)24(27(35)28(33)36)26(34)19-3-8-23(37-2)22(29)17-19/h3-12,17,25,34H,13-16H2,1-2H3/b26-24-. The number of ketones is 1. The number of rotatable bonds is 5. The van der Waals surface area contributed by atoms with Gasteiger partial charge in [0, 0.05) is 55.5 Å². The SMILES string of the molecule is COc1ccc(/C(O)=C2/C(=O)C(=O)N(c3ccc(N4CCN(C)CC4)cc3)C2c2ccncc2)cc1Br. The Morgan fingerprint density at radius 1 is 0.973 bits per heavy atom. The molecule has 1 N–H and O–H groups in total. The van der Waals surface area contributed by atoms with E-state index in [0.717, 1.165) is 31.9 Å². The van der Waals surface area contributed by atoms with Gasteiger partial charge in [-0.05, 0) is 83.1 Å². The molecule has 0 radical (unpaired) electrons. The van der Waals surface area contributed by atoms with Crippen LogP contribution in [-0.2, 0) is 9.59 Å². The molecule has 190 valence electrons. The monoisotopic (exact) mass is 562 g/mol. The summed E-state index contributed by atoms with van der Waals surface area (Å²) >= 11 is 3.43. The van der Waals surface area contributed by atoms with Crippen LogP contribution in [-0.4, -0.2) is 67.0 Å². The summed E-state index contributed by atoms with van der Waals surface area (Å²) in [6.07, 6.45) is 3.21. The maximum Gasteiger partial charge on any atom is 0.300 e. The first-order valence-electron chi connectivity index (χ1n) is 12.0. The lowest BCUT2D eigenvalue weighted by atomic mass is 9.95. The molecule has 0 aliphatic carbocycles. The van der Waals surface area contributed by atoms with Crippen LogP contribution in [0.2, 0.25) is 0 Å². The average molecular weight is 563 g/mol. The van der Waals surface area contributed by atoms with Crippen molar-refractivity contribution >= 4 is 44.8 Å². The van der Waals surface area contributed by atoms with Gasteiger partial charge in [0.2, 0.25) is 0 Å². The summed E-state index contributed by atoms with van der Waals surface area (Å²) in [7, 11) is 3.66. The molecule has 8 nitrogen and oxygen atoms in total. The van der Waals surface area contributed by atoms with Gasteiger partial charge in [0.05, 0.1) is 23.2 Å². The van der Waals surface area contributed by atoms with Crippen LogP contribution >= 0.6 is 15.9 Å². The fraction of sp³-hybridized carbons (Fsp3) is 0.250. The molecule has 2 saturated heterocycles. The van der Waals surface area contributed by atoms with E-state index >= 15 is 0 Å². The van der Waals surface area contributed by atoms with E-state index in [1.165, 1.54) is 4.90 Å². The van der Waals surface area contributed by atoms with Gasteiger partial charge >= 0.3 is 0 Å². The van der Waals surface area contributed by atoms with E-state index < -0.39 is 17.7 Å². The first kappa shape index (κ1) is 25.0. The summed E-state index contributed by atoms with van der Waals surface area (Å²) in [5, 5.41) is 11.3. The molecule has 37 heavy (non-hydrogen) atoms. The number of anilines is 2. The highest BCUT2D eigenvalue weighted by molar-refractivity contribution is 9.10. The third-order valence-electron chi connectivity index (χ3n) is 6.89. The third-order valence-corrected chi connectivity index (χ3v) is 7.51. The number of aromatic nitrogens is 1. The van der Waals surface area contributed by atoms with Gasteiger partial charge in [-0.1, -0.05) is 0 Å². The van der Waals surface area contributed by atoms with Gasteiger partial charge in [0.15, 0.2) is 0 Å². The largest absolute Gasteiger partial charge is 0.507 e. The number of carbonyl (C=O) groups excluding carboxylic acids is 2. The highest BCUT2D eigenvalue weighted by atomic mass is 79.9. The second-order valence-corrected chi connectivity index (χ2v) is 9.96. The van der Waals surface area contributed by atoms with Crippen LogP contribution in [0.25, 0.3) is 5.76 Å². The van der Waals surface area contributed by atoms with E-state index in [2.05, 4.69) is 37.8 Å². The fourth-order valence-corrected chi connectivity index (χ4v) is 5.36. The molecule has 3 heterocycles. The molecule has 1 aromatic heterocycles. The number of Topliss-reactive ketones (excluding diaryl/α,β-unsaturated/α-hetero) is 1. The highest BCUT2D eigenvalue weighted by Gasteiger charge is 2.47. The Morgan fingerprint density at radius 2 is 1.62 bits per heavy atom. The van der Waals surface area contributed by atoms with Crippen LogP contribution in [0.5, 0.6) is 5.75 Å². The summed E-state index contributed by atoms with van der Waals surface area (Å²) in [6, 6.07) is 15.4. The van der Waals surface area contributed by atoms with Crippen molar-refractivity contribution in [3.8, 4) is 5.75 Å². The van der Waals surface area contributed by atoms with Crippen LogP contribution < -0.4 is 14.5 Å². The van der Waals surface area contributed by atoms with Crippen molar-refractivity contribution < 1.29 is 19.4 Å². The zero-order valence-corrected chi connectivity index (χ0v) is 22.2. The molecule has 1 amide bonds. The molecule has 2 aliphatic heterocycles. The van der Waals surface area contributed by atoms with E-state index in [4.69, 9.17) is 4.74 Å². The van der Waals surface area contributed by atoms with Crippen LogP contribution in [0, 0.1) is 0 Å². The number of ether oxygens (including phenoxy) is 1. The molecular weight excluding hydrogens is 536 g/mol. The third kappa shape index (κ3) is 4.72. The topological polar surface area (TPSA) is 86.2 Å². The fourth-order valence-electron chi connectivity index (χ4n) is 4.82. The zero-order valence-electron chi connectivity index (χ0n) is 20.6. The van der Waals surface area contributed by atoms with E-state index in [0.29, 0.717) is 27.0 Å². The summed E-state index contributed by atoms with van der Waals surface area (Å²) in [5.41, 5.74) is 2.74. The Balaban J connectivity index is 1.57. The number of piperazine rings is 1. The quantitative estimate of drug-likeness (QED) is 0.283. The van der Waals surface area contributed by atoms with Crippen molar-refractivity contribution in [1.82, 2.24) is 9.88 Å². The van der Waals surface area contributed by atoms with Crippen LogP contribution in [0.1, 0.15) is 17.2 Å². The first-order valence-corrected chi connectivity index (χ1v) is 12.8. The van der Waals surface area contributed by atoms with Crippen LogP contribution in [0.4, 0.5) is 11.4 Å². The van der Waals surface area contributed by atoms with Crippen molar-refractivity contribution in [3.05, 3.63) is 88.2 Å². The van der Waals surface area contributed by atoms with E-state index in [1.54, 1.807) is 49.8 Å². The van der Waals surface area contributed by atoms with Crippen molar-refractivity contribution in [2.75, 3.05) is 50.1 Å². The second-order valence-electron chi connectivity index (χ2n) is 9.11. The van der Waals surface area contributed by atoms with Crippen LogP contribution in [0.3, 0.4) is 0 Å². The molecule has 2 aliphatic rings.